The van der Waals surface area contributed by atoms with Crippen molar-refractivity contribution in [2.45, 2.75) is 24.3 Å². The van der Waals surface area contributed by atoms with Gasteiger partial charge in [0.1, 0.15) is 16.5 Å². The van der Waals surface area contributed by atoms with Crippen molar-refractivity contribution in [2.24, 2.45) is 12.0 Å². The smallest absolute Gasteiger partial charge is 0.266 e. The first-order chi connectivity index (χ1) is 16.2. The van der Waals surface area contributed by atoms with Crippen LogP contribution in [-0.4, -0.2) is 24.2 Å². The second kappa shape index (κ2) is 8.21. The lowest BCUT2D eigenvalue weighted by Crippen LogP contribution is -2.41. The second-order valence-corrected chi connectivity index (χ2v) is 9.78. The van der Waals surface area contributed by atoms with E-state index in [1.165, 1.54) is 12.1 Å². The number of halogens is 2. The monoisotopic (exact) mass is 481 g/mol. The molecule has 1 aliphatic rings. The van der Waals surface area contributed by atoms with Crippen molar-refractivity contribution in [1.82, 2.24) is 14.5 Å². The molecule has 2 N–H and O–H groups in total. The molecule has 174 valence electrons. The standard InChI is InChI=1S/C24H21F2N5O2S/c1-14(17-5-3-4-6-18(17)25)22-19(26)8-10-21-23(22)29-24(30-34(21,32)33)27-12-15-7-9-20-16(11-15)13-28-31(20)2/h3-11,13-14H,12H2,1-2H3,(H2,27,29,30). The van der Waals surface area contributed by atoms with Gasteiger partial charge in [0, 0.05) is 23.9 Å². The fraction of sp³-hybridized carbons (Fsp3) is 0.167. The van der Waals surface area contributed by atoms with E-state index in [0.717, 1.165) is 22.5 Å². The molecule has 10 heteroatoms. The number of guanidine groups is 1. The first-order valence-electron chi connectivity index (χ1n) is 10.6. The Labute approximate surface area is 195 Å². The van der Waals surface area contributed by atoms with Crippen molar-refractivity contribution in [3.05, 3.63) is 89.1 Å². The highest BCUT2D eigenvalue weighted by Crippen LogP contribution is 2.38. The van der Waals surface area contributed by atoms with Gasteiger partial charge in [-0.3, -0.25) is 4.68 Å². The number of aromatic nitrogens is 2. The molecule has 2 heterocycles. The van der Waals surface area contributed by atoms with Crippen LogP contribution in [0, 0.1) is 11.6 Å². The number of rotatable bonds is 4. The number of anilines is 1. The summed E-state index contributed by atoms with van der Waals surface area (Å²) in [5.74, 6) is -1.92. The van der Waals surface area contributed by atoms with Crippen LogP contribution in [0.2, 0.25) is 0 Å². The predicted molar refractivity (Wildman–Crippen MR) is 126 cm³/mol. The topological polar surface area (TPSA) is 88.4 Å². The summed E-state index contributed by atoms with van der Waals surface area (Å²) in [6.45, 7) is 1.81. The number of nitrogens with zero attached hydrogens (tertiary/aromatic N) is 3. The Morgan fingerprint density at radius 3 is 2.68 bits per heavy atom. The van der Waals surface area contributed by atoms with Gasteiger partial charge in [-0.25, -0.2) is 26.9 Å². The third-order valence-corrected chi connectivity index (χ3v) is 7.33. The average Bonchev–Trinajstić information content (AvgIpc) is 3.17. The molecule has 0 aliphatic carbocycles. The van der Waals surface area contributed by atoms with Gasteiger partial charge in [0.15, 0.2) is 0 Å². The highest BCUT2D eigenvalue weighted by atomic mass is 32.2. The molecule has 7 nitrogen and oxygen atoms in total. The van der Waals surface area contributed by atoms with Crippen molar-refractivity contribution in [3.63, 3.8) is 0 Å². The molecule has 34 heavy (non-hydrogen) atoms. The Bertz CT molecular complexity index is 1560. The van der Waals surface area contributed by atoms with E-state index in [-0.39, 0.29) is 34.2 Å². The third kappa shape index (κ3) is 3.79. The highest BCUT2D eigenvalue weighted by molar-refractivity contribution is 7.90. The van der Waals surface area contributed by atoms with E-state index in [4.69, 9.17) is 0 Å². The molecule has 1 unspecified atom stereocenters. The fourth-order valence-corrected chi connectivity index (χ4v) is 5.37. The maximum absolute atomic E-state index is 15.0. The molecule has 0 spiro atoms. The van der Waals surface area contributed by atoms with Gasteiger partial charge in [-0.2, -0.15) is 5.10 Å². The van der Waals surface area contributed by atoms with Gasteiger partial charge in [0.25, 0.3) is 10.0 Å². The Kier molecular flexibility index (Phi) is 5.32. The van der Waals surface area contributed by atoms with Crippen molar-refractivity contribution in [1.29, 1.82) is 0 Å². The molecule has 0 radical (unpaired) electrons. The zero-order valence-electron chi connectivity index (χ0n) is 18.4. The minimum absolute atomic E-state index is 0.0358. The van der Waals surface area contributed by atoms with Gasteiger partial charge < -0.3 is 5.32 Å². The van der Waals surface area contributed by atoms with E-state index >= 15 is 0 Å². The Hall–Kier alpha value is -3.79. The zero-order valence-corrected chi connectivity index (χ0v) is 19.2. The number of hydrogen-bond donors (Lipinski definition) is 2. The molecular formula is C24H21F2N5O2S. The molecule has 5 rings (SSSR count). The summed E-state index contributed by atoms with van der Waals surface area (Å²) in [6.07, 6.45) is 1.74. The lowest BCUT2D eigenvalue weighted by molar-refractivity contribution is 0.577. The van der Waals surface area contributed by atoms with E-state index < -0.39 is 27.6 Å². The molecule has 4 aromatic rings. The van der Waals surface area contributed by atoms with Crippen LogP contribution in [-0.2, 0) is 23.6 Å². The lowest BCUT2D eigenvalue weighted by atomic mass is 9.91. The lowest BCUT2D eigenvalue weighted by Gasteiger charge is -2.26. The number of benzene rings is 3. The molecule has 1 aliphatic heterocycles. The Balaban J connectivity index is 1.53. The predicted octanol–water partition coefficient (Wildman–Crippen LogP) is 4.26. The van der Waals surface area contributed by atoms with Gasteiger partial charge in [-0.15, -0.1) is 0 Å². The molecule has 0 bridgehead atoms. The van der Waals surface area contributed by atoms with E-state index in [1.54, 1.807) is 36.0 Å². The van der Waals surface area contributed by atoms with Crippen molar-refractivity contribution < 1.29 is 17.2 Å². The average molecular weight is 482 g/mol. The fourth-order valence-electron chi connectivity index (χ4n) is 4.21. The minimum atomic E-state index is -4.01. The maximum atomic E-state index is 15.0. The van der Waals surface area contributed by atoms with Crippen LogP contribution in [0.4, 0.5) is 14.5 Å². The van der Waals surface area contributed by atoms with Gasteiger partial charge in [-0.1, -0.05) is 31.2 Å². The summed E-state index contributed by atoms with van der Waals surface area (Å²) in [6, 6.07) is 14.0. The molecule has 0 saturated heterocycles. The van der Waals surface area contributed by atoms with E-state index in [1.807, 2.05) is 25.2 Å². The number of nitrogens with one attached hydrogen (secondary N) is 2. The number of sulfonamides is 1. The minimum Gasteiger partial charge on any atom is -0.324 e. The molecular weight excluding hydrogens is 460 g/mol. The molecule has 0 fully saturated rings. The van der Waals surface area contributed by atoms with Crippen molar-refractivity contribution in [3.8, 4) is 0 Å². The molecule has 1 atom stereocenters. The summed E-state index contributed by atoms with van der Waals surface area (Å²) in [5.41, 5.74) is 2.17. The van der Waals surface area contributed by atoms with Gasteiger partial charge in [0.05, 0.1) is 23.9 Å². The highest BCUT2D eigenvalue weighted by Gasteiger charge is 2.32. The van der Waals surface area contributed by atoms with E-state index in [0.29, 0.717) is 0 Å². The number of fused-ring (bicyclic) bond motifs is 2. The van der Waals surface area contributed by atoms with Crippen LogP contribution in [0.3, 0.4) is 0 Å². The Morgan fingerprint density at radius 2 is 1.88 bits per heavy atom. The van der Waals surface area contributed by atoms with E-state index in [2.05, 4.69) is 20.1 Å². The van der Waals surface area contributed by atoms with Crippen LogP contribution in [0.25, 0.3) is 10.9 Å². The van der Waals surface area contributed by atoms with Crippen molar-refractivity contribution >= 4 is 32.6 Å². The zero-order chi connectivity index (χ0) is 24.0. The quantitative estimate of drug-likeness (QED) is 0.456. The van der Waals surface area contributed by atoms with Crippen LogP contribution in [0.15, 0.2) is 70.7 Å². The van der Waals surface area contributed by atoms with Crippen molar-refractivity contribution in [2.75, 3.05) is 5.32 Å². The van der Waals surface area contributed by atoms with Crippen LogP contribution in [0.5, 0.6) is 0 Å². The summed E-state index contributed by atoms with van der Waals surface area (Å²) in [5, 5.41) is 8.07. The summed E-state index contributed by atoms with van der Waals surface area (Å²) in [4.78, 5) is 4.25. The first-order valence-corrected chi connectivity index (χ1v) is 12.0. The third-order valence-electron chi connectivity index (χ3n) is 5.95. The SMILES string of the molecule is CC(c1ccccc1F)c1c(F)ccc2c1NC(=NCc1ccc3c(cnn3C)c1)NS2(=O)=O. The number of hydrogen-bond acceptors (Lipinski definition) is 4. The van der Waals surface area contributed by atoms with Gasteiger partial charge >= 0.3 is 0 Å². The largest absolute Gasteiger partial charge is 0.324 e. The number of aryl methyl sites for hydroxylation is 1. The van der Waals surface area contributed by atoms with Crippen LogP contribution < -0.4 is 10.0 Å². The van der Waals surface area contributed by atoms with E-state index in [9.17, 15) is 17.2 Å². The molecule has 0 amide bonds. The maximum Gasteiger partial charge on any atom is 0.266 e. The van der Waals surface area contributed by atoms with Crippen LogP contribution in [0.1, 0.15) is 29.5 Å². The molecule has 1 aromatic heterocycles. The summed E-state index contributed by atoms with van der Waals surface area (Å²) < 4.78 is 59.4. The van der Waals surface area contributed by atoms with Gasteiger partial charge in [-0.05, 0) is 41.5 Å². The van der Waals surface area contributed by atoms with Crippen LogP contribution >= 0.6 is 0 Å². The first kappa shape index (κ1) is 22.0. The summed E-state index contributed by atoms with van der Waals surface area (Å²) in [7, 11) is -2.16. The normalized spacial score (nSPS) is 16.6. The molecule has 0 saturated carbocycles. The molecule has 3 aromatic carbocycles. The second-order valence-electron chi connectivity index (χ2n) is 8.13. The van der Waals surface area contributed by atoms with Gasteiger partial charge in [0.2, 0.25) is 5.96 Å². The Morgan fingerprint density at radius 1 is 1.09 bits per heavy atom. The number of aliphatic imine (C=N–C) groups is 1. The summed E-state index contributed by atoms with van der Waals surface area (Å²) >= 11 is 0.